The van der Waals surface area contributed by atoms with E-state index in [1.807, 2.05) is 61.5 Å². The van der Waals surface area contributed by atoms with Crippen LogP contribution in [0.15, 0.2) is 59.5 Å². The molecule has 0 bridgehead atoms. The molecule has 2 atom stereocenters. The number of hydrogen-bond acceptors (Lipinski definition) is 3. The predicted molar refractivity (Wildman–Crippen MR) is 90.1 cm³/mol. The quantitative estimate of drug-likeness (QED) is 0.940. The van der Waals surface area contributed by atoms with Crippen LogP contribution in [0.5, 0.6) is 0 Å². The van der Waals surface area contributed by atoms with Gasteiger partial charge in [-0.15, -0.1) is 11.8 Å². The minimum Gasteiger partial charge on any atom is -0.382 e. The average molecular weight is 313 g/mol. The van der Waals surface area contributed by atoms with Crippen molar-refractivity contribution in [3.05, 3.63) is 60.2 Å². The number of carbonyl (C=O) groups excluding carboxylic acids is 1. The lowest BCUT2D eigenvalue weighted by Crippen LogP contribution is -2.40. The molecule has 1 aliphatic heterocycles. The first-order valence-corrected chi connectivity index (χ1v) is 8.40. The van der Waals surface area contributed by atoms with Crippen molar-refractivity contribution in [3.8, 4) is 0 Å². The number of benzene rings is 2. The van der Waals surface area contributed by atoms with Crippen LogP contribution in [-0.2, 0) is 4.79 Å². The van der Waals surface area contributed by atoms with E-state index in [1.54, 1.807) is 16.7 Å². The molecule has 1 amide bonds. The van der Waals surface area contributed by atoms with Crippen LogP contribution in [0, 0.1) is 0 Å². The molecule has 22 heavy (non-hydrogen) atoms. The lowest BCUT2D eigenvalue weighted by Gasteiger charge is -2.24. The van der Waals surface area contributed by atoms with E-state index in [0.717, 1.165) is 22.6 Å². The van der Waals surface area contributed by atoms with Crippen LogP contribution in [0.3, 0.4) is 0 Å². The molecule has 0 saturated carbocycles. The molecule has 1 N–H and O–H groups in total. The van der Waals surface area contributed by atoms with E-state index in [2.05, 4.69) is 0 Å². The van der Waals surface area contributed by atoms with Crippen molar-refractivity contribution in [2.75, 3.05) is 11.4 Å². The fourth-order valence-electron chi connectivity index (χ4n) is 2.74. The summed E-state index contributed by atoms with van der Waals surface area (Å²) in [7, 11) is 0. The summed E-state index contributed by atoms with van der Waals surface area (Å²) < 4.78 is 0. The number of rotatable bonds is 3. The fourth-order valence-corrected chi connectivity index (χ4v) is 4.00. The SMILES string of the molecule is CCCN1C(=O)C(O)C(c2ccccc2)Sc2ccccc21. The predicted octanol–water partition coefficient (Wildman–Crippen LogP) is 3.64. The molecule has 2 unspecified atom stereocenters. The number of aliphatic hydroxyl groups excluding tert-OH is 1. The van der Waals surface area contributed by atoms with Gasteiger partial charge in [0.1, 0.15) is 6.10 Å². The highest BCUT2D eigenvalue weighted by Crippen LogP contribution is 2.45. The standard InChI is InChI=1S/C18H19NO2S/c1-2-12-19-14-10-6-7-11-15(14)22-17(16(20)18(19)21)13-8-4-3-5-9-13/h3-11,16-17,20H,2,12H2,1H3. The lowest BCUT2D eigenvalue weighted by molar-refractivity contribution is -0.126. The number of hydrogen-bond donors (Lipinski definition) is 1. The molecule has 0 fully saturated rings. The van der Waals surface area contributed by atoms with Crippen molar-refractivity contribution in [1.29, 1.82) is 0 Å². The third kappa shape index (κ3) is 2.76. The molecule has 1 aliphatic rings. The molecule has 0 aromatic heterocycles. The van der Waals surface area contributed by atoms with E-state index in [4.69, 9.17) is 0 Å². The Hall–Kier alpha value is -1.78. The van der Waals surface area contributed by atoms with Crippen molar-refractivity contribution in [3.63, 3.8) is 0 Å². The number of para-hydroxylation sites is 1. The van der Waals surface area contributed by atoms with Gasteiger partial charge in [0.25, 0.3) is 5.91 Å². The summed E-state index contributed by atoms with van der Waals surface area (Å²) in [6.07, 6.45) is -0.181. The Kier molecular flexibility index (Phi) is 4.50. The van der Waals surface area contributed by atoms with E-state index in [0.29, 0.717) is 6.54 Å². The molecule has 114 valence electrons. The van der Waals surface area contributed by atoms with Crippen molar-refractivity contribution in [2.45, 2.75) is 29.6 Å². The van der Waals surface area contributed by atoms with Crippen LogP contribution < -0.4 is 4.90 Å². The molecule has 2 aromatic rings. The number of carbonyl (C=O) groups is 1. The summed E-state index contributed by atoms with van der Waals surface area (Å²) in [5.74, 6) is -0.215. The molecule has 0 spiro atoms. The van der Waals surface area contributed by atoms with Gasteiger partial charge in [-0.05, 0) is 24.1 Å². The molecule has 0 aliphatic carbocycles. The number of anilines is 1. The monoisotopic (exact) mass is 313 g/mol. The highest BCUT2D eigenvalue weighted by atomic mass is 32.2. The van der Waals surface area contributed by atoms with Gasteiger partial charge in [0.15, 0.2) is 0 Å². The van der Waals surface area contributed by atoms with Crippen LogP contribution in [0.1, 0.15) is 24.2 Å². The maximum Gasteiger partial charge on any atom is 0.257 e. The van der Waals surface area contributed by atoms with Gasteiger partial charge in [0, 0.05) is 11.4 Å². The topological polar surface area (TPSA) is 40.5 Å². The van der Waals surface area contributed by atoms with E-state index >= 15 is 0 Å². The van der Waals surface area contributed by atoms with E-state index in [9.17, 15) is 9.90 Å². The van der Waals surface area contributed by atoms with E-state index in [1.165, 1.54) is 0 Å². The second-order valence-electron chi connectivity index (χ2n) is 5.35. The highest BCUT2D eigenvalue weighted by Gasteiger charge is 2.36. The molecule has 4 heteroatoms. The van der Waals surface area contributed by atoms with Crippen molar-refractivity contribution < 1.29 is 9.90 Å². The summed E-state index contributed by atoms with van der Waals surface area (Å²) in [6.45, 7) is 2.66. The number of aliphatic hydroxyl groups is 1. The highest BCUT2D eigenvalue weighted by molar-refractivity contribution is 7.99. The molecule has 3 rings (SSSR count). The van der Waals surface area contributed by atoms with Crippen LogP contribution in [0.2, 0.25) is 0 Å². The number of fused-ring (bicyclic) bond motifs is 1. The molecule has 3 nitrogen and oxygen atoms in total. The minimum absolute atomic E-state index is 0.215. The van der Waals surface area contributed by atoms with Crippen molar-refractivity contribution in [1.82, 2.24) is 0 Å². The summed E-state index contributed by atoms with van der Waals surface area (Å²) >= 11 is 1.56. The zero-order valence-electron chi connectivity index (χ0n) is 12.5. The van der Waals surface area contributed by atoms with E-state index in [-0.39, 0.29) is 11.2 Å². The third-order valence-corrected chi connectivity index (χ3v) is 5.17. The fraction of sp³-hybridized carbons (Fsp3) is 0.278. The smallest absolute Gasteiger partial charge is 0.257 e. The van der Waals surface area contributed by atoms with Crippen LogP contribution in [-0.4, -0.2) is 23.7 Å². The number of amides is 1. The Morgan fingerprint density at radius 3 is 2.50 bits per heavy atom. The first kappa shape index (κ1) is 15.1. The summed E-state index contributed by atoms with van der Waals surface area (Å²) in [6, 6.07) is 17.6. The van der Waals surface area contributed by atoms with Crippen molar-refractivity contribution >= 4 is 23.4 Å². The largest absolute Gasteiger partial charge is 0.382 e. The first-order chi connectivity index (χ1) is 10.7. The third-order valence-electron chi connectivity index (χ3n) is 3.79. The maximum atomic E-state index is 12.7. The van der Waals surface area contributed by atoms with Crippen LogP contribution >= 0.6 is 11.8 Å². The van der Waals surface area contributed by atoms with Gasteiger partial charge in [-0.1, -0.05) is 49.4 Å². The van der Waals surface area contributed by atoms with E-state index < -0.39 is 6.10 Å². The van der Waals surface area contributed by atoms with Gasteiger partial charge in [0.05, 0.1) is 10.9 Å². The molecule has 2 aromatic carbocycles. The molecule has 0 saturated heterocycles. The van der Waals surface area contributed by atoms with Gasteiger partial charge >= 0.3 is 0 Å². The second kappa shape index (κ2) is 6.55. The Labute approximate surface area is 135 Å². The van der Waals surface area contributed by atoms with Crippen LogP contribution in [0.25, 0.3) is 0 Å². The molecular formula is C18H19NO2S. The lowest BCUT2D eigenvalue weighted by atomic mass is 10.1. The van der Waals surface area contributed by atoms with Gasteiger partial charge in [0.2, 0.25) is 0 Å². The molecule has 0 radical (unpaired) electrons. The second-order valence-corrected chi connectivity index (χ2v) is 6.53. The Morgan fingerprint density at radius 2 is 1.77 bits per heavy atom. The maximum absolute atomic E-state index is 12.7. The first-order valence-electron chi connectivity index (χ1n) is 7.52. The van der Waals surface area contributed by atoms with Gasteiger partial charge in [-0.25, -0.2) is 0 Å². The van der Waals surface area contributed by atoms with Gasteiger partial charge in [-0.3, -0.25) is 4.79 Å². The van der Waals surface area contributed by atoms with Crippen molar-refractivity contribution in [2.24, 2.45) is 0 Å². The zero-order chi connectivity index (χ0) is 15.5. The molecular weight excluding hydrogens is 294 g/mol. The number of thioether (sulfide) groups is 1. The molecule has 1 heterocycles. The Morgan fingerprint density at radius 1 is 1.09 bits per heavy atom. The number of nitrogens with zero attached hydrogens (tertiary/aromatic N) is 1. The normalized spacial score (nSPS) is 21.4. The zero-order valence-corrected chi connectivity index (χ0v) is 13.3. The minimum atomic E-state index is -1.04. The summed E-state index contributed by atoms with van der Waals surface area (Å²) in [5.41, 5.74) is 1.87. The van der Waals surface area contributed by atoms with Gasteiger partial charge in [-0.2, -0.15) is 0 Å². The average Bonchev–Trinajstić information content (AvgIpc) is 2.67. The summed E-state index contributed by atoms with van der Waals surface area (Å²) in [4.78, 5) is 15.5. The summed E-state index contributed by atoms with van der Waals surface area (Å²) in [5, 5.41) is 10.3. The van der Waals surface area contributed by atoms with Gasteiger partial charge < -0.3 is 10.0 Å². The Balaban J connectivity index is 2.06. The van der Waals surface area contributed by atoms with Crippen LogP contribution in [0.4, 0.5) is 5.69 Å². The Bertz CT molecular complexity index is 659.